The second-order valence-corrected chi connectivity index (χ2v) is 2.78. The molecule has 0 aliphatic rings. The van der Waals surface area contributed by atoms with E-state index in [1.807, 2.05) is 0 Å². The predicted octanol–water partition coefficient (Wildman–Crippen LogP) is -7.32. The topological polar surface area (TPSA) is 107 Å². The molecular weight excluding hydrogens is 209 g/mol. The number of aliphatic hydroxyl groups is 2. The zero-order chi connectivity index (χ0) is 8.20. The van der Waals surface area contributed by atoms with E-state index in [4.69, 9.17) is 20.0 Å². The monoisotopic (exact) mass is 220 g/mol. The quantitative estimate of drug-likeness (QED) is 0.277. The summed E-state index contributed by atoms with van der Waals surface area (Å²) < 4.78 is 13.9. The molecule has 0 amide bonds. The van der Waals surface area contributed by atoms with E-state index in [-0.39, 0.29) is 62.0 Å². The first-order valence-electron chi connectivity index (χ1n) is 2.45. The Bertz CT molecular complexity index is 141. The SMILES string of the molecule is O=P(O)(O)OC(CO)CO.[H-].[H-].[Na+].[Na+]. The molecule has 0 aliphatic heterocycles. The van der Waals surface area contributed by atoms with E-state index in [1.165, 1.54) is 0 Å². The van der Waals surface area contributed by atoms with Crippen LogP contribution in [0.25, 0.3) is 0 Å². The van der Waals surface area contributed by atoms with E-state index < -0.39 is 27.1 Å². The molecule has 9 heteroatoms. The Morgan fingerprint density at radius 3 is 1.67 bits per heavy atom. The first-order chi connectivity index (χ1) is 4.49. The first kappa shape index (κ1) is 19.6. The van der Waals surface area contributed by atoms with Crippen molar-refractivity contribution in [2.75, 3.05) is 13.2 Å². The Kier molecular flexibility index (Phi) is 15.6. The van der Waals surface area contributed by atoms with Gasteiger partial charge in [0.05, 0.1) is 13.2 Å². The summed E-state index contributed by atoms with van der Waals surface area (Å²) in [4.78, 5) is 16.2. The van der Waals surface area contributed by atoms with Crippen LogP contribution >= 0.6 is 7.82 Å². The van der Waals surface area contributed by atoms with Crippen molar-refractivity contribution < 1.29 is 91.1 Å². The summed E-state index contributed by atoms with van der Waals surface area (Å²) in [6, 6.07) is 0. The number of phosphoric acid groups is 1. The maximum atomic E-state index is 10.0. The fraction of sp³-hybridized carbons (Fsp3) is 1.00. The normalized spacial score (nSPS) is 10.4. The molecule has 12 heavy (non-hydrogen) atoms. The van der Waals surface area contributed by atoms with Crippen molar-refractivity contribution in [2.24, 2.45) is 0 Å². The summed E-state index contributed by atoms with van der Waals surface area (Å²) in [5.74, 6) is 0. The van der Waals surface area contributed by atoms with Gasteiger partial charge in [0.2, 0.25) is 0 Å². The van der Waals surface area contributed by atoms with Gasteiger partial charge in [0.25, 0.3) is 0 Å². The minimum absolute atomic E-state index is 0. The number of phosphoric ester groups is 1. The van der Waals surface area contributed by atoms with Crippen LogP contribution < -0.4 is 59.1 Å². The number of aliphatic hydroxyl groups excluding tert-OH is 2. The molecule has 0 bridgehead atoms. The van der Waals surface area contributed by atoms with Crippen molar-refractivity contribution in [3.63, 3.8) is 0 Å². The van der Waals surface area contributed by atoms with Gasteiger partial charge in [-0.15, -0.1) is 0 Å². The zero-order valence-corrected chi connectivity index (χ0v) is 11.9. The fourth-order valence-electron chi connectivity index (χ4n) is 0.319. The maximum absolute atomic E-state index is 10.0. The van der Waals surface area contributed by atoms with Gasteiger partial charge in [0.15, 0.2) is 0 Å². The minimum atomic E-state index is -4.57. The van der Waals surface area contributed by atoms with Crippen LogP contribution in [0.3, 0.4) is 0 Å². The van der Waals surface area contributed by atoms with Crippen molar-refractivity contribution in [3.05, 3.63) is 0 Å². The molecule has 66 valence electrons. The second kappa shape index (κ2) is 9.58. The average Bonchev–Trinajstić information content (AvgIpc) is 1.81. The molecule has 0 fully saturated rings. The van der Waals surface area contributed by atoms with E-state index in [0.29, 0.717) is 0 Å². The molecule has 0 aromatic heterocycles. The van der Waals surface area contributed by atoms with E-state index in [1.54, 1.807) is 0 Å². The van der Waals surface area contributed by atoms with E-state index in [2.05, 4.69) is 4.52 Å². The van der Waals surface area contributed by atoms with Crippen LogP contribution in [-0.4, -0.2) is 39.3 Å². The Hall–Kier alpha value is 2.03. The van der Waals surface area contributed by atoms with Gasteiger partial charge in [-0.2, -0.15) is 0 Å². The minimum Gasteiger partial charge on any atom is -1.00 e. The third kappa shape index (κ3) is 12.0. The molecule has 0 aromatic rings. The van der Waals surface area contributed by atoms with E-state index in [0.717, 1.165) is 0 Å². The molecular formula is C3H11Na2O6P. The summed E-state index contributed by atoms with van der Waals surface area (Å²) in [5.41, 5.74) is 0. The van der Waals surface area contributed by atoms with Crippen LogP contribution in [0, 0.1) is 0 Å². The van der Waals surface area contributed by atoms with Crippen LogP contribution in [-0.2, 0) is 9.09 Å². The van der Waals surface area contributed by atoms with E-state index in [9.17, 15) is 4.57 Å². The van der Waals surface area contributed by atoms with Gasteiger partial charge < -0.3 is 22.9 Å². The number of rotatable bonds is 4. The van der Waals surface area contributed by atoms with Crippen molar-refractivity contribution in [2.45, 2.75) is 6.10 Å². The van der Waals surface area contributed by atoms with Crippen molar-refractivity contribution in [1.82, 2.24) is 0 Å². The predicted molar refractivity (Wildman–Crippen MR) is 33.3 cm³/mol. The molecule has 0 unspecified atom stereocenters. The number of hydrogen-bond acceptors (Lipinski definition) is 4. The van der Waals surface area contributed by atoms with Crippen LogP contribution in [0.1, 0.15) is 2.85 Å². The molecule has 0 aliphatic carbocycles. The summed E-state index contributed by atoms with van der Waals surface area (Å²) in [6.07, 6.45) is -1.21. The molecule has 0 aromatic carbocycles. The maximum Gasteiger partial charge on any atom is 1.00 e. The van der Waals surface area contributed by atoms with E-state index >= 15 is 0 Å². The van der Waals surface area contributed by atoms with Crippen LogP contribution in [0.5, 0.6) is 0 Å². The molecule has 0 spiro atoms. The molecule has 0 atom stereocenters. The van der Waals surface area contributed by atoms with Gasteiger partial charge in [-0.1, -0.05) is 0 Å². The van der Waals surface area contributed by atoms with Gasteiger partial charge in [-0.25, -0.2) is 4.57 Å². The zero-order valence-electron chi connectivity index (χ0n) is 9.04. The van der Waals surface area contributed by atoms with Crippen LogP contribution in [0.4, 0.5) is 0 Å². The van der Waals surface area contributed by atoms with Gasteiger partial charge in [-0.05, 0) is 0 Å². The Morgan fingerprint density at radius 2 is 1.58 bits per heavy atom. The van der Waals surface area contributed by atoms with Gasteiger partial charge in [-0.3, -0.25) is 4.52 Å². The Balaban J connectivity index is -0.0000000675. The molecule has 0 saturated heterocycles. The standard InChI is InChI=1S/C3H9O6P.2Na.2H/c4-1-3(2-5)9-10(6,7)8;;;;/h3-5H,1-2H2,(H2,6,7,8);;;;/q;2*+1;2*-1. The Morgan fingerprint density at radius 1 is 1.25 bits per heavy atom. The molecule has 0 rings (SSSR count). The van der Waals surface area contributed by atoms with Crippen molar-refractivity contribution in [1.29, 1.82) is 0 Å². The summed E-state index contributed by atoms with van der Waals surface area (Å²) >= 11 is 0. The summed E-state index contributed by atoms with van der Waals surface area (Å²) in [7, 11) is -4.57. The van der Waals surface area contributed by atoms with Crippen LogP contribution in [0.15, 0.2) is 0 Å². The third-order valence-electron chi connectivity index (χ3n) is 0.694. The van der Waals surface area contributed by atoms with Gasteiger partial charge >= 0.3 is 66.9 Å². The largest absolute Gasteiger partial charge is 1.00 e. The average molecular weight is 220 g/mol. The van der Waals surface area contributed by atoms with Gasteiger partial charge in [0, 0.05) is 0 Å². The number of hydrogen-bond donors (Lipinski definition) is 4. The summed E-state index contributed by atoms with van der Waals surface area (Å²) in [5, 5.41) is 16.5. The van der Waals surface area contributed by atoms with Crippen molar-refractivity contribution >= 4 is 7.82 Å². The molecule has 0 saturated carbocycles. The fourth-order valence-corrected chi connectivity index (χ4v) is 0.840. The molecule has 6 nitrogen and oxygen atoms in total. The third-order valence-corrected chi connectivity index (χ3v) is 1.27. The smallest absolute Gasteiger partial charge is 1.00 e. The second-order valence-electron chi connectivity index (χ2n) is 1.58. The molecule has 4 N–H and O–H groups in total. The molecule has 0 radical (unpaired) electrons. The van der Waals surface area contributed by atoms with Gasteiger partial charge in [0.1, 0.15) is 6.10 Å². The van der Waals surface area contributed by atoms with Crippen molar-refractivity contribution in [3.8, 4) is 0 Å². The first-order valence-corrected chi connectivity index (χ1v) is 3.98. The molecule has 0 heterocycles. The Labute approximate surface area is 117 Å². The van der Waals surface area contributed by atoms with Crippen LogP contribution in [0.2, 0.25) is 0 Å². The summed E-state index contributed by atoms with van der Waals surface area (Å²) in [6.45, 7) is -1.25.